The van der Waals surface area contributed by atoms with Crippen molar-refractivity contribution >= 4 is 29.1 Å². The first kappa shape index (κ1) is 25.7. The van der Waals surface area contributed by atoms with E-state index in [4.69, 9.17) is 4.74 Å². The Morgan fingerprint density at radius 2 is 1.70 bits per heavy atom. The van der Waals surface area contributed by atoms with Crippen molar-refractivity contribution in [2.75, 3.05) is 6.61 Å². The van der Waals surface area contributed by atoms with Crippen molar-refractivity contribution in [3.05, 3.63) is 107 Å². The van der Waals surface area contributed by atoms with Gasteiger partial charge in [-0.05, 0) is 38.0 Å². The summed E-state index contributed by atoms with van der Waals surface area (Å²) >= 11 is 0. The zero-order valence-electron chi connectivity index (χ0n) is 21.4. The Morgan fingerprint density at radius 3 is 2.46 bits per heavy atom. The number of aryl methyl sites for hydroxylation is 1. The van der Waals surface area contributed by atoms with Gasteiger partial charge < -0.3 is 14.6 Å². The lowest BCUT2D eigenvalue weighted by atomic mass is 10.1. The predicted octanol–water partition coefficient (Wildman–Crippen LogP) is 5.11. The number of amides is 2. The van der Waals surface area contributed by atoms with Crippen molar-refractivity contribution in [1.29, 1.82) is 0 Å². The van der Waals surface area contributed by atoms with Crippen LogP contribution in [-0.4, -0.2) is 35.4 Å². The highest BCUT2D eigenvalue weighted by molar-refractivity contribution is 6.01. The van der Waals surface area contributed by atoms with Crippen molar-refractivity contribution < 1.29 is 14.3 Å². The quantitative estimate of drug-likeness (QED) is 0.249. The van der Waals surface area contributed by atoms with Crippen LogP contribution in [0.1, 0.15) is 34.9 Å². The van der Waals surface area contributed by atoms with Crippen molar-refractivity contribution in [1.82, 2.24) is 15.3 Å². The summed E-state index contributed by atoms with van der Waals surface area (Å²) in [5, 5.41) is 7.97. The summed E-state index contributed by atoms with van der Waals surface area (Å²) in [6.45, 7) is 6.81. The van der Waals surface area contributed by atoms with E-state index in [1.165, 1.54) is 11.1 Å². The van der Waals surface area contributed by atoms with Gasteiger partial charge in [0.1, 0.15) is 6.04 Å². The first-order chi connectivity index (χ1) is 18.0. The molecule has 4 rings (SSSR count). The lowest BCUT2D eigenvalue weighted by molar-refractivity contribution is -0.123. The summed E-state index contributed by atoms with van der Waals surface area (Å²) in [5.74, 6) is -0.422. The maximum absolute atomic E-state index is 13.0. The summed E-state index contributed by atoms with van der Waals surface area (Å²) < 4.78 is 7.24. The molecule has 37 heavy (non-hydrogen) atoms. The zero-order chi connectivity index (χ0) is 26.2. The van der Waals surface area contributed by atoms with Crippen LogP contribution < -0.4 is 10.7 Å². The van der Waals surface area contributed by atoms with Gasteiger partial charge in [-0.25, -0.2) is 10.2 Å². The molecule has 3 aromatic carbocycles. The van der Waals surface area contributed by atoms with Gasteiger partial charge in [0.25, 0.3) is 5.91 Å². The molecule has 7 nitrogen and oxygen atoms in total. The Kier molecular flexibility index (Phi) is 8.36. The first-order valence-electron chi connectivity index (χ1n) is 12.4. The number of carbonyl (C=O) groups is 2. The number of nitrogens with zero attached hydrogens (tertiary/aromatic N) is 2. The van der Waals surface area contributed by atoms with Gasteiger partial charge in [-0.15, -0.1) is 0 Å². The molecule has 190 valence electrons. The minimum absolute atomic E-state index is 0.218. The SMILES string of the molecule is CCOC(=O)N[C@H](Cc1ccccc1)C(=O)N/N=C\c1c(C)n(Cc2cccc(C)c2)c2ccccc12. The maximum Gasteiger partial charge on any atom is 0.407 e. The molecular formula is C30H32N4O3. The fourth-order valence-electron chi connectivity index (χ4n) is 4.43. The van der Waals surface area contributed by atoms with E-state index in [9.17, 15) is 9.59 Å². The van der Waals surface area contributed by atoms with Crippen molar-refractivity contribution in [2.24, 2.45) is 5.10 Å². The number of rotatable bonds is 9. The number of nitrogens with one attached hydrogen (secondary N) is 2. The smallest absolute Gasteiger partial charge is 0.407 e. The van der Waals surface area contributed by atoms with E-state index in [0.29, 0.717) is 6.42 Å². The summed E-state index contributed by atoms with van der Waals surface area (Å²) in [7, 11) is 0. The molecule has 0 bridgehead atoms. The molecule has 4 aromatic rings. The van der Waals surface area contributed by atoms with Crippen LogP contribution in [0.3, 0.4) is 0 Å². The van der Waals surface area contributed by atoms with Gasteiger partial charge >= 0.3 is 6.09 Å². The van der Waals surface area contributed by atoms with Gasteiger partial charge in [0.15, 0.2) is 0 Å². The molecule has 0 aliphatic heterocycles. The van der Waals surface area contributed by atoms with Crippen LogP contribution in [0.15, 0.2) is 84.0 Å². The van der Waals surface area contributed by atoms with E-state index in [2.05, 4.69) is 70.7 Å². The Labute approximate surface area is 217 Å². The molecule has 0 aliphatic rings. The number of carbonyl (C=O) groups excluding carboxylic acids is 2. The van der Waals surface area contributed by atoms with E-state index < -0.39 is 18.0 Å². The summed E-state index contributed by atoms with van der Waals surface area (Å²) in [6.07, 6.45) is 1.35. The molecule has 1 atom stereocenters. The van der Waals surface area contributed by atoms with E-state index in [-0.39, 0.29) is 6.61 Å². The number of alkyl carbamates (subject to hydrolysis) is 1. The highest BCUT2D eigenvalue weighted by atomic mass is 16.5. The molecule has 2 amide bonds. The Bertz CT molecular complexity index is 1410. The van der Waals surface area contributed by atoms with Crippen LogP contribution >= 0.6 is 0 Å². The molecule has 0 radical (unpaired) electrons. The third-order valence-corrected chi connectivity index (χ3v) is 6.24. The van der Waals surface area contributed by atoms with Gasteiger partial charge in [-0.3, -0.25) is 4.79 Å². The Morgan fingerprint density at radius 1 is 0.973 bits per heavy atom. The Balaban J connectivity index is 1.55. The molecule has 1 heterocycles. The average Bonchev–Trinajstić information content (AvgIpc) is 3.15. The van der Waals surface area contributed by atoms with Gasteiger partial charge in [-0.2, -0.15) is 5.10 Å². The van der Waals surface area contributed by atoms with Crippen molar-refractivity contribution in [3.8, 4) is 0 Å². The highest BCUT2D eigenvalue weighted by Gasteiger charge is 2.22. The minimum Gasteiger partial charge on any atom is -0.450 e. The summed E-state index contributed by atoms with van der Waals surface area (Å²) in [5.41, 5.74) is 9.04. The number of benzene rings is 3. The second-order valence-corrected chi connectivity index (χ2v) is 8.93. The molecule has 0 saturated heterocycles. The highest BCUT2D eigenvalue weighted by Crippen LogP contribution is 2.25. The lowest BCUT2D eigenvalue weighted by Gasteiger charge is -2.16. The standard InChI is InChI=1S/C30H32N4O3/c1-4-37-30(36)32-27(18-23-12-6-5-7-13-23)29(35)33-31-19-26-22(3)34(28-16-9-8-15-25(26)28)20-24-14-10-11-21(2)17-24/h5-17,19,27H,4,18,20H2,1-3H3,(H,32,36)(H,33,35)/b31-19-/t27-/m1/s1. The number of fused-ring (bicyclic) bond motifs is 1. The van der Waals surface area contributed by atoms with Crippen LogP contribution in [-0.2, 0) is 22.5 Å². The molecule has 0 saturated carbocycles. The van der Waals surface area contributed by atoms with E-state index >= 15 is 0 Å². The number of hydrogen-bond acceptors (Lipinski definition) is 4. The van der Waals surface area contributed by atoms with Gasteiger partial charge in [-0.1, -0.05) is 78.4 Å². The third kappa shape index (κ3) is 6.44. The number of hydrazone groups is 1. The second kappa shape index (κ2) is 12.0. The lowest BCUT2D eigenvalue weighted by Crippen LogP contribution is -2.47. The number of para-hydroxylation sites is 1. The number of hydrogen-bond donors (Lipinski definition) is 2. The molecule has 2 N–H and O–H groups in total. The van der Waals surface area contributed by atoms with Gasteiger partial charge in [0.2, 0.25) is 0 Å². The fourth-order valence-corrected chi connectivity index (χ4v) is 4.43. The topological polar surface area (TPSA) is 84.7 Å². The molecule has 0 spiro atoms. The minimum atomic E-state index is -0.831. The van der Waals surface area contributed by atoms with Crippen LogP contribution in [0.2, 0.25) is 0 Å². The van der Waals surface area contributed by atoms with Crippen LogP contribution in [0.4, 0.5) is 4.79 Å². The average molecular weight is 497 g/mol. The summed E-state index contributed by atoms with van der Waals surface area (Å²) in [4.78, 5) is 25.1. The predicted molar refractivity (Wildman–Crippen MR) is 147 cm³/mol. The monoisotopic (exact) mass is 496 g/mol. The maximum atomic E-state index is 13.0. The molecular weight excluding hydrogens is 464 g/mol. The normalized spacial score (nSPS) is 12.0. The van der Waals surface area contributed by atoms with Crippen LogP contribution in [0, 0.1) is 13.8 Å². The molecule has 0 aliphatic carbocycles. The number of aromatic nitrogens is 1. The van der Waals surface area contributed by atoms with E-state index in [0.717, 1.165) is 34.3 Å². The van der Waals surface area contributed by atoms with Gasteiger partial charge in [0, 0.05) is 35.1 Å². The Hall–Kier alpha value is -4.39. The van der Waals surface area contributed by atoms with Crippen LogP contribution in [0.5, 0.6) is 0 Å². The molecule has 0 unspecified atom stereocenters. The molecule has 7 heteroatoms. The zero-order valence-corrected chi connectivity index (χ0v) is 21.4. The van der Waals surface area contributed by atoms with Crippen molar-refractivity contribution in [3.63, 3.8) is 0 Å². The molecule has 0 fully saturated rings. The van der Waals surface area contributed by atoms with Crippen LogP contribution in [0.25, 0.3) is 10.9 Å². The fraction of sp³-hybridized carbons (Fsp3) is 0.233. The summed E-state index contributed by atoms with van der Waals surface area (Å²) in [6, 6.07) is 25.3. The third-order valence-electron chi connectivity index (χ3n) is 6.24. The second-order valence-electron chi connectivity index (χ2n) is 8.93. The van der Waals surface area contributed by atoms with Crippen molar-refractivity contribution in [2.45, 2.75) is 39.8 Å². The van der Waals surface area contributed by atoms with E-state index in [1.807, 2.05) is 42.5 Å². The number of ether oxygens (including phenoxy) is 1. The van der Waals surface area contributed by atoms with Gasteiger partial charge in [0.05, 0.1) is 12.8 Å². The largest absolute Gasteiger partial charge is 0.450 e. The van der Waals surface area contributed by atoms with E-state index in [1.54, 1.807) is 13.1 Å². The molecule has 1 aromatic heterocycles. The first-order valence-corrected chi connectivity index (χ1v) is 12.4.